The fourth-order valence-electron chi connectivity index (χ4n) is 2.93. The number of aromatic nitrogens is 2. The summed E-state index contributed by atoms with van der Waals surface area (Å²) in [6.45, 7) is 2.24. The number of hydrogen-bond donors (Lipinski definition) is 1. The minimum atomic E-state index is -0.169. The number of likely N-dealkylation sites (N-methyl/N-ethyl adjacent to an activating group) is 1. The molecule has 7 heteroatoms. The van der Waals surface area contributed by atoms with Crippen LogP contribution in [-0.4, -0.2) is 27.8 Å². The molecule has 26 heavy (non-hydrogen) atoms. The molecule has 0 saturated heterocycles. The second kappa shape index (κ2) is 6.42. The lowest BCUT2D eigenvalue weighted by Crippen LogP contribution is -2.29. The van der Waals surface area contributed by atoms with Gasteiger partial charge in [-0.15, -0.1) is 11.3 Å². The van der Waals surface area contributed by atoms with Crippen molar-refractivity contribution in [2.45, 2.75) is 19.9 Å². The van der Waals surface area contributed by atoms with Crippen LogP contribution in [0.5, 0.6) is 0 Å². The van der Waals surface area contributed by atoms with Gasteiger partial charge < -0.3 is 14.3 Å². The molecule has 1 N–H and O–H groups in total. The van der Waals surface area contributed by atoms with Gasteiger partial charge in [0, 0.05) is 18.0 Å². The molecular formula is C19H17N3O3S. The number of hydrogen-bond acceptors (Lipinski definition) is 5. The van der Waals surface area contributed by atoms with Gasteiger partial charge >= 0.3 is 0 Å². The van der Waals surface area contributed by atoms with E-state index >= 15 is 0 Å². The van der Waals surface area contributed by atoms with Gasteiger partial charge in [-0.25, -0.2) is 4.98 Å². The lowest BCUT2D eigenvalue weighted by Gasteiger charge is -2.16. The molecule has 0 atom stereocenters. The number of furan rings is 1. The van der Waals surface area contributed by atoms with Crippen molar-refractivity contribution in [1.82, 2.24) is 14.9 Å². The van der Waals surface area contributed by atoms with Crippen molar-refractivity contribution in [2.75, 3.05) is 7.05 Å². The number of aromatic amines is 1. The van der Waals surface area contributed by atoms with Crippen LogP contribution in [-0.2, 0) is 17.8 Å². The maximum absolute atomic E-state index is 12.6. The van der Waals surface area contributed by atoms with Gasteiger partial charge in [0.15, 0.2) is 0 Å². The van der Waals surface area contributed by atoms with Crippen LogP contribution in [0.2, 0.25) is 0 Å². The zero-order valence-electron chi connectivity index (χ0n) is 14.4. The second-order valence-corrected chi connectivity index (χ2v) is 7.25. The number of aryl methyl sites for hydroxylation is 1. The zero-order valence-corrected chi connectivity index (χ0v) is 15.2. The molecule has 0 bridgehead atoms. The molecule has 4 aromatic rings. The Morgan fingerprint density at radius 1 is 1.35 bits per heavy atom. The van der Waals surface area contributed by atoms with Crippen LogP contribution in [0.3, 0.4) is 0 Å². The number of fused-ring (bicyclic) bond motifs is 2. The predicted octanol–water partition coefficient (Wildman–Crippen LogP) is 3.24. The Hall–Kier alpha value is -2.93. The molecule has 0 fully saturated rings. The van der Waals surface area contributed by atoms with Gasteiger partial charge in [0.2, 0.25) is 5.91 Å². The van der Waals surface area contributed by atoms with Gasteiger partial charge in [0.05, 0.1) is 24.7 Å². The highest BCUT2D eigenvalue weighted by atomic mass is 32.1. The molecule has 1 amide bonds. The molecular weight excluding hydrogens is 350 g/mol. The number of carbonyl (C=O) groups excluding carboxylic acids is 1. The first-order chi connectivity index (χ1) is 12.5. The van der Waals surface area contributed by atoms with Gasteiger partial charge in [0.1, 0.15) is 16.1 Å². The molecule has 0 aliphatic heterocycles. The van der Waals surface area contributed by atoms with Gasteiger partial charge in [-0.05, 0) is 30.0 Å². The van der Waals surface area contributed by atoms with Crippen LogP contribution in [0.25, 0.3) is 21.2 Å². The van der Waals surface area contributed by atoms with E-state index < -0.39 is 0 Å². The number of nitrogens with zero attached hydrogens (tertiary/aromatic N) is 2. The first kappa shape index (κ1) is 16.5. The lowest BCUT2D eigenvalue weighted by molar-refractivity contribution is -0.129. The predicted molar refractivity (Wildman–Crippen MR) is 101 cm³/mol. The van der Waals surface area contributed by atoms with Crippen LogP contribution in [0.15, 0.2) is 45.1 Å². The molecule has 3 heterocycles. The Kier molecular flexibility index (Phi) is 4.08. The Morgan fingerprint density at radius 3 is 3.04 bits per heavy atom. The van der Waals surface area contributed by atoms with Crippen LogP contribution in [0, 0.1) is 6.92 Å². The molecule has 0 spiro atoms. The van der Waals surface area contributed by atoms with E-state index in [1.807, 2.05) is 30.5 Å². The first-order valence-electron chi connectivity index (χ1n) is 8.18. The molecule has 6 nitrogen and oxygen atoms in total. The summed E-state index contributed by atoms with van der Waals surface area (Å²) in [5, 5.41) is 2.78. The third-order valence-corrected chi connectivity index (χ3v) is 5.23. The summed E-state index contributed by atoms with van der Waals surface area (Å²) in [6, 6.07) is 7.73. The minimum Gasteiger partial charge on any atom is -0.464 e. The maximum atomic E-state index is 12.6. The van der Waals surface area contributed by atoms with E-state index in [-0.39, 0.29) is 24.4 Å². The van der Waals surface area contributed by atoms with E-state index in [4.69, 9.17) is 4.42 Å². The van der Waals surface area contributed by atoms with Gasteiger partial charge in [-0.2, -0.15) is 0 Å². The number of carbonyl (C=O) groups is 1. The summed E-state index contributed by atoms with van der Waals surface area (Å²) < 4.78 is 6.15. The minimum absolute atomic E-state index is 0.0682. The topological polar surface area (TPSA) is 79.2 Å². The SMILES string of the molecule is Cc1ccc2c(CC(=O)N(C)Cc3nc4ccsc4c(=O)[nH]3)coc2c1. The molecule has 0 aliphatic rings. The van der Waals surface area contributed by atoms with Gasteiger partial charge in [0.25, 0.3) is 5.56 Å². The smallest absolute Gasteiger partial charge is 0.268 e. The summed E-state index contributed by atoms with van der Waals surface area (Å²) in [5.41, 5.74) is 3.24. The molecule has 1 aromatic carbocycles. The monoisotopic (exact) mass is 367 g/mol. The number of nitrogens with one attached hydrogen (secondary N) is 1. The van der Waals surface area contributed by atoms with E-state index in [9.17, 15) is 9.59 Å². The van der Waals surface area contributed by atoms with Gasteiger partial charge in [-0.3, -0.25) is 9.59 Å². The number of H-pyrrole nitrogens is 1. The number of benzene rings is 1. The molecule has 132 valence electrons. The third kappa shape index (κ3) is 3.01. The molecule has 0 aliphatic carbocycles. The van der Waals surface area contributed by atoms with Crippen molar-refractivity contribution in [1.29, 1.82) is 0 Å². The van der Waals surface area contributed by atoms with E-state index in [0.29, 0.717) is 16.0 Å². The van der Waals surface area contributed by atoms with Crippen molar-refractivity contribution in [3.63, 3.8) is 0 Å². The summed E-state index contributed by atoms with van der Waals surface area (Å²) in [6.07, 6.45) is 1.87. The maximum Gasteiger partial charge on any atom is 0.268 e. The molecule has 3 aromatic heterocycles. The van der Waals surface area contributed by atoms with Crippen LogP contribution < -0.4 is 5.56 Å². The molecule has 4 rings (SSSR count). The van der Waals surface area contributed by atoms with Crippen LogP contribution in [0.4, 0.5) is 0 Å². The Morgan fingerprint density at radius 2 is 2.19 bits per heavy atom. The largest absolute Gasteiger partial charge is 0.464 e. The van der Waals surface area contributed by atoms with Crippen molar-refractivity contribution >= 4 is 38.4 Å². The number of thiophene rings is 1. The highest BCUT2D eigenvalue weighted by molar-refractivity contribution is 7.17. The number of amides is 1. The summed E-state index contributed by atoms with van der Waals surface area (Å²) in [7, 11) is 1.70. The highest BCUT2D eigenvalue weighted by Gasteiger charge is 2.16. The lowest BCUT2D eigenvalue weighted by atomic mass is 10.1. The fraction of sp³-hybridized carbons (Fsp3) is 0.211. The third-order valence-electron chi connectivity index (χ3n) is 4.33. The van der Waals surface area contributed by atoms with Crippen molar-refractivity contribution < 1.29 is 9.21 Å². The van der Waals surface area contributed by atoms with E-state index in [1.165, 1.54) is 11.3 Å². The standard InChI is InChI=1S/C19H17N3O3S/c1-11-3-4-13-12(10-25-15(13)7-11)8-17(23)22(2)9-16-20-14-5-6-26-18(14)19(24)21-16/h3-7,10H,8-9H2,1-2H3,(H,20,21,24). The average molecular weight is 367 g/mol. The zero-order chi connectivity index (χ0) is 18.3. The Bertz CT molecular complexity index is 1170. The molecule has 0 unspecified atom stereocenters. The van der Waals surface area contributed by atoms with E-state index in [1.54, 1.807) is 24.3 Å². The van der Waals surface area contributed by atoms with E-state index in [0.717, 1.165) is 22.1 Å². The Balaban J connectivity index is 1.52. The van der Waals surface area contributed by atoms with Crippen molar-refractivity contribution in [2.24, 2.45) is 0 Å². The normalized spacial score (nSPS) is 11.3. The van der Waals surface area contributed by atoms with Crippen LogP contribution in [0.1, 0.15) is 17.0 Å². The van der Waals surface area contributed by atoms with E-state index in [2.05, 4.69) is 9.97 Å². The fourth-order valence-corrected chi connectivity index (χ4v) is 3.66. The first-order valence-corrected chi connectivity index (χ1v) is 9.06. The average Bonchev–Trinajstić information content (AvgIpc) is 3.22. The van der Waals surface area contributed by atoms with Crippen LogP contribution >= 0.6 is 11.3 Å². The van der Waals surface area contributed by atoms with Crippen molar-refractivity contribution in [3.8, 4) is 0 Å². The molecule has 0 saturated carbocycles. The van der Waals surface area contributed by atoms with Crippen molar-refractivity contribution in [3.05, 3.63) is 63.2 Å². The Labute approximate surface area is 153 Å². The summed E-state index contributed by atoms with van der Waals surface area (Å²) in [5.74, 6) is 0.408. The van der Waals surface area contributed by atoms with Gasteiger partial charge in [-0.1, -0.05) is 12.1 Å². The quantitative estimate of drug-likeness (QED) is 0.600. The second-order valence-electron chi connectivity index (χ2n) is 6.33. The number of rotatable bonds is 4. The molecule has 0 radical (unpaired) electrons. The summed E-state index contributed by atoms with van der Waals surface area (Å²) in [4.78, 5) is 33.4. The highest BCUT2D eigenvalue weighted by Crippen LogP contribution is 2.23. The summed E-state index contributed by atoms with van der Waals surface area (Å²) >= 11 is 1.36.